The summed E-state index contributed by atoms with van der Waals surface area (Å²) in [6, 6.07) is 11.9. The van der Waals surface area contributed by atoms with Gasteiger partial charge in [0.1, 0.15) is 0 Å². The molecule has 0 aliphatic heterocycles. The zero-order valence-electron chi connectivity index (χ0n) is 11.8. The summed E-state index contributed by atoms with van der Waals surface area (Å²) in [4.78, 5) is 12.8. The van der Waals surface area contributed by atoms with Gasteiger partial charge in [-0.2, -0.15) is 0 Å². The molecule has 0 saturated carbocycles. The number of fused-ring (bicyclic) bond motifs is 1. The largest absolute Gasteiger partial charge is 0.338 e. The molecular formula is C16H15ClN2OS2. The van der Waals surface area contributed by atoms with Gasteiger partial charge in [-0.05, 0) is 40.9 Å². The number of amides is 2. The van der Waals surface area contributed by atoms with E-state index >= 15 is 0 Å². The van der Waals surface area contributed by atoms with Crippen molar-refractivity contribution < 1.29 is 4.79 Å². The highest BCUT2D eigenvalue weighted by atomic mass is 35.5. The first-order valence-electron chi connectivity index (χ1n) is 6.93. The van der Waals surface area contributed by atoms with Gasteiger partial charge in [-0.1, -0.05) is 29.8 Å². The summed E-state index contributed by atoms with van der Waals surface area (Å²) < 4.78 is 2.03. The first-order valence-corrected chi connectivity index (χ1v) is 9.01. The van der Waals surface area contributed by atoms with Gasteiger partial charge >= 0.3 is 6.03 Å². The maximum absolute atomic E-state index is 11.8. The molecule has 2 heterocycles. The topological polar surface area (TPSA) is 41.1 Å². The van der Waals surface area contributed by atoms with Gasteiger partial charge in [0.2, 0.25) is 0 Å². The lowest BCUT2D eigenvalue weighted by atomic mass is 10.1. The van der Waals surface area contributed by atoms with Crippen LogP contribution in [-0.2, 0) is 13.0 Å². The van der Waals surface area contributed by atoms with Crippen LogP contribution in [0, 0.1) is 0 Å². The first kappa shape index (κ1) is 15.3. The highest BCUT2D eigenvalue weighted by Crippen LogP contribution is 2.25. The number of thiophene rings is 2. The molecule has 0 bridgehead atoms. The summed E-state index contributed by atoms with van der Waals surface area (Å²) in [5.41, 5.74) is 1.28. The van der Waals surface area contributed by atoms with Crippen LogP contribution in [0.4, 0.5) is 4.79 Å². The number of hydrogen-bond donors (Lipinski definition) is 2. The van der Waals surface area contributed by atoms with Crippen molar-refractivity contribution in [3.63, 3.8) is 0 Å². The van der Waals surface area contributed by atoms with E-state index in [1.54, 1.807) is 11.3 Å². The highest BCUT2D eigenvalue weighted by Gasteiger charge is 2.05. The first-order chi connectivity index (χ1) is 10.7. The zero-order chi connectivity index (χ0) is 15.4. The van der Waals surface area contributed by atoms with Crippen LogP contribution in [-0.4, -0.2) is 12.6 Å². The average molecular weight is 351 g/mol. The predicted molar refractivity (Wildman–Crippen MR) is 95.1 cm³/mol. The molecule has 3 nitrogen and oxygen atoms in total. The summed E-state index contributed by atoms with van der Waals surface area (Å²) >= 11 is 9.08. The number of rotatable bonds is 5. The molecule has 6 heteroatoms. The lowest BCUT2D eigenvalue weighted by Crippen LogP contribution is -2.35. The molecule has 0 aliphatic rings. The van der Waals surface area contributed by atoms with Crippen molar-refractivity contribution in [1.82, 2.24) is 10.6 Å². The summed E-state index contributed by atoms with van der Waals surface area (Å²) in [6.07, 6.45) is 0.836. The predicted octanol–water partition coefficient (Wildman–Crippen LogP) is 4.66. The van der Waals surface area contributed by atoms with E-state index in [2.05, 4.69) is 28.1 Å². The maximum atomic E-state index is 11.8. The molecule has 3 aromatic rings. The van der Waals surface area contributed by atoms with E-state index in [1.165, 1.54) is 27.0 Å². The minimum Gasteiger partial charge on any atom is -0.338 e. The monoisotopic (exact) mass is 350 g/mol. The minimum absolute atomic E-state index is 0.149. The molecule has 0 aliphatic carbocycles. The summed E-state index contributed by atoms with van der Waals surface area (Å²) in [6.45, 7) is 1.13. The van der Waals surface area contributed by atoms with Gasteiger partial charge in [-0.3, -0.25) is 0 Å². The Bertz CT molecular complexity index is 781. The average Bonchev–Trinajstić information content (AvgIpc) is 3.12. The third-order valence-corrected chi connectivity index (χ3v) is 5.54. The number of halogens is 1. The van der Waals surface area contributed by atoms with Gasteiger partial charge in [-0.25, -0.2) is 4.79 Å². The minimum atomic E-state index is -0.149. The van der Waals surface area contributed by atoms with Crippen molar-refractivity contribution in [3.05, 3.63) is 56.6 Å². The van der Waals surface area contributed by atoms with Crippen molar-refractivity contribution in [1.29, 1.82) is 0 Å². The van der Waals surface area contributed by atoms with Crippen LogP contribution in [0.2, 0.25) is 4.34 Å². The molecule has 0 atom stereocenters. The van der Waals surface area contributed by atoms with Gasteiger partial charge < -0.3 is 10.6 Å². The Kier molecular flexibility index (Phi) is 4.97. The number of nitrogens with one attached hydrogen (secondary N) is 2. The van der Waals surface area contributed by atoms with E-state index in [0.717, 1.165) is 15.6 Å². The van der Waals surface area contributed by atoms with E-state index in [0.29, 0.717) is 13.1 Å². The Hall–Kier alpha value is -1.56. The molecule has 0 unspecified atom stereocenters. The van der Waals surface area contributed by atoms with E-state index < -0.39 is 0 Å². The third-order valence-electron chi connectivity index (χ3n) is 3.29. The second-order valence-corrected chi connectivity index (χ2v) is 7.53. The standard InChI is InChI=1S/C16H15ClN2OS2/c17-15-6-5-12(22-15)9-19-16(20)18-8-7-11-10-21-14-4-2-1-3-13(11)14/h1-6,10H,7-9H2,(H2,18,19,20). The van der Waals surface area contributed by atoms with Crippen LogP contribution in [0.1, 0.15) is 10.4 Å². The molecule has 2 aromatic heterocycles. The Labute approximate surface area is 141 Å². The molecule has 0 radical (unpaired) electrons. The molecule has 2 N–H and O–H groups in total. The molecule has 114 valence electrons. The van der Waals surface area contributed by atoms with Gasteiger partial charge in [0.15, 0.2) is 0 Å². The summed E-state index contributed by atoms with van der Waals surface area (Å²) in [5.74, 6) is 0. The van der Waals surface area contributed by atoms with Crippen LogP contribution in [0.5, 0.6) is 0 Å². The van der Waals surface area contributed by atoms with E-state index in [4.69, 9.17) is 11.6 Å². The Morgan fingerprint density at radius 1 is 1.14 bits per heavy atom. The lowest BCUT2D eigenvalue weighted by molar-refractivity contribution is 0.240. The van der Waals surface area contributed by atoms with E-state index in [-0.39, 0.29) is 6.03 Å². The second-order valence-electron chi connectivity index (χ2n) is 4.82. The molecule has 0 fully saturated rings. The van der Waals surface area contributed by atoms with Crippen molar-refractivity contribution in [2.75, 3.05) is 6.54 Å². The van der Waals surface area contributed by atoms with Gasteiger partial charge in [0, 0.05) is 16.1 Å². The van der Waals surface area contributed by atoms with Crippen LogP contribution in [0.3, 0.4) is 0 Å². The van der Waals surface area contributed by atoms with Crippen molar-refractivity contribution in [3.8, 4) is 0 Å². The van der Waals surface area contributed by atoms with Crippen LogP contribution < -0.4 is 10.6 Å². The fraction of sp³-hybridized carbons (Fsp3) is 0.188. The number of carbonyl (C=O) groups excluding carboxylic acids is 1. The number of urea groups is 1. The maximum Gasteiger partial charge on any atom is 0.315 e. The Balaban J connectivity index is 1.45. The zero-order valence-corrected chi connectivity index (χ0v) is 14.2. The van der Waals surface area contributed by atoms with Crippen LogP contribution in [0.25, 0.3) is 10.1 Å². The lowest BCUT2D eigenvalue weighted by Gasteiger charge is -2.06. The number of hydrogen-bond acceptors (Lipinski definition) is 3. The van der Waals surface area contributed by atoms with Crippen LogP contribution in [0.15, 0.2) is 41.8 Å². The molecule has 22 heavy (non-hydrogen) atoms. The van der Waals surface area contributed by atoms with Gasteiger partial charge in [0.25, 0.3) is 0 Å². The molecule has 3 rings (SSSR count). The quantitative estimate of drug-likeness (QED) is 0.690. The van der Waals surface area contributed by atoms with Crippen molar-refractivity contribution in [2.24, 2.45) is 0 Å². The second kappa shape index (κ2) is 7.13. The third kappa shape index (κ3) is 3.80. The summed E-state index contributed by atoms with van der Waals surface area (Å²) in [5, 5.41) is 9.17. The number of carbonyl (C=O) groups is 1. The highest BCUT2D eigenvalue weighted by molar-refractivity contribution is 7.17. The molecule has 0 saturated heterocycles. The Morgan fingerprint density at radius 3 is 2.82 bits per heavy atom. The van der Waals surface area contributed by atoms with Crippen LogP contribution >= 0.6 is 34.3 Å². The van der Waals surface area contributed by atoms with Crippen molar-refractivity contribution in [2.45, 2.75) is 13.0 Å². The Morgan fingerprint density at radius 2 is 2.00 bits per heavy atom. The van der Waals surface area contributed by atoms with Gasteiger partial charge in [-0.15, -0.1) is 22.7 Å². The van der Waals surface area contributed by atoms with Crippen molar-refractivity contribution >= 4 is 50.4 Å². The SMILES string of the molecule is O=C(NCCc1csc2ccccc12)NCc1ccc(Cl)s1. The molecule has 1 aromatic carbocycles. The molecule has 2 amide bonds. The van der Waals surface area contributed by atoms with E-state index in [9.17, 15) is 4.79 Å². The summed E-state index contributed by atoms with van der Waals surface area (Å²) in [7, 11) is 0. The number of benzene rings is 1. The van der Waals surface area contributed by atoms with E-state index in [1.807, 2.05) is 24.3 Å². The van der Waals surface area contributed by atoms with Gasteiger partial charge in [0.05, 0.1) is 10.9 Å². The fourth-order valence-corrected chi connectivity index (χ4v) is 4.24. The molecular weight excluding hydrogens is 336 g/mol. The molecule has 0 spiro atoms. The smallest absolute Gasteiger partial charge is 0.315 e. The fourth-order valence-electron chi connectivity index (χ4n) is 2.21. The normalized spacial score (nSPS) is 10.8.